The molecule has 5 rings (SSSR count). The van der Waals surface area contributed by atoms with Gasteiger partial charge in [-0.3, -0.25) is 0 Å². The maximum atomic E-state index is 12.9. The Labute approximate surface area is 237 Å². The quantitative estimate of drug-likeness (QED) is 0.236. The Kier molecular flexibility index (Phi) is 8.35. The van der Waals surface area contributed by atoms with Crippen molar-refractivity contribution >= 4 is 46.7 Å². The summed E-state index contributed by atoms with van der Waals surface area (Å²) in [6, 6.07) is 4.99. The van der Waals surface area contributed by atoms with Gasteiger partial charge in [-0.15, -0.1) is 0 Å². The summed E-state index contributed by atoms with van der Waals surface area (Å²) >= 11 is 6.58. The molecular weight excluding hydrogens is 552 g/mol. The van der Waals surface area contributed by atoms with Crippen molar-refractivity contribution in [3.63, 3.8) is 0 Å². The first-order chi connectivity index (χ1) is 18.5. The SMILES string of the molecule is Cc1ccc(-c2cnc3c(n2)c(Cl)cn3COCC[Si](C)(C)C)c(NC2CCCN(S(=O)(=O)CC3CC3)C2)n1. The summed E-state index contributed by atoms with van der Waals surface area (Å²) in [5, 5.41) is 4.05. The Morgan fingerprint density at radius 2 is 1.97 bits per heavy atom. The molecule has 0 amide bonds. The van der Waals surface area contributed by atoms with E-state index in [1.807, 2.05) is 29.8 Å². The zero-order chi connectivity index (χ0) is 27.8. The molecule has 1 atom stereocenters. The van der Waals surface area contributed by atoms with Gasteiger partial charge in [-0.25, -0.2) is 23.4 Å². The van der Waals surface area contributed by atoms with E-state index in [1.165, 1.54) is 0 Å². The first-order valence-electron chi connectivity index (χ1n) is 13.8. The van der Waals surface area contributed by atoms with Crippen LogP contribution in [0.5, 0.6) is 0 Å². The molecule has 9 nitrogen and oxygen atoms in total. The number of nitrogens with zero attached hydrogens (tertiary/aromatic N) is 5. The molecule has 3 aromatic heterocycles. The highest BCUT2D eigenvalue weighted by molar-refractivity contribution is 7.89. The molecule has 0 spiro atoms. The van der Waals surface area contributed by atoms with E-state index in [2.05, 4.69) is 25.0 Å². The molecule has 1 aliphatic carbocycles. The minimum atomic E-state index is -3.23. The molecule has 1 saturated heterocycles. The van der Waals surface area contributed by atoms with Crippen molar-refractivity contribution in [2.45, 2.75) is 71.1 Å². The van der Waals surface area contributed by atoms with Gasteiger partial charge in [-0.05, 0) is 56.7 Å². The van der Waals surface area contributed by atoms with Gasteiger partial charge in [-0.1, -0.05) is 31.2 Å². The fourth-order valence-corrected chi connectivity index (χ4v) is 7.80. The van der Waals surface area contributed by atoms with Crippen molar-refractivity contribution in [2.75, 3.05) is 30.8 Å². The van der Waals surface area contributed by atoms with Crippen LogP contribution in [0.4, 0.5) is 5.82 Å². The Balaban J connectivity index is 1.34. The summed E-state index contributed by atoms with van der Waals surface area (Å²) < 4.78 is 35.3. The van der Waals surface area contributed by atoms with Crippen molar-refractivity contribution < 1.29 is 13.2 Å². The monoisotopic (exact) mass is 590 g/mol. The number of hydrogen-bond donors (Lipinski definition) is 1. The summed E-state index contributed by atoms with van der Waals surface area (Å²) in [7, 11) is -4.40. The van der Waals surface area contributed by atoms with Crippen LogP contribution < -0.4 is 5.32 Å². The lowest BCUT2D eigenvalue weighted by Gasteiger charge is -2.33. The molecule has 1 N–H and O–H groups in total. The molecule has 1 aliphatic heterocycles. The van der Waals surface area contributed by atoms with Crippen molar-refractivity contribution in [2.24, 2.45) is 5.92 Å². The predicted molar refractivity (Wildman–Crippen MR) is 159 cm³/mol. The lowest BCUT2D eigenvalue weighted by molar-refractivity contribution is 0.0899. The molecule has 1 unspecified atom stereocenters. The first-order valence-corrected chi connectivity index (χ1v) is 19.5. The highest BCUT2D eigenvalue weighted by atomic mass is 35.5. The Morgan fingerprint density at radius 3 is 2.72 bits per heavy atom. The number of ether oxygens (including phenoxy) is 1. The van der Waals surface area contributed by atoms with E-state index in [9.17, 15) is 8.42 Å². The molecule has 0 radical (unpaired) electrons. The van der Waals surface area contributed by atoms with Gasteiger partial charge in [0.05, 0.1) is 22.7 Å². The summed E-state index contributed by atoms with van der Waals surface area (Å²) in [4.78, 5) is 14.3. The zero-order valence-corrected chi connectivity index (χ0v) is 25.9. The van der Waals surface area contributed by atoms with Crippen LogP contribution in [0.2, 0.25) is 30.7 Å². The molecule has 0 bridgehead atoms. The molecule has 2 aliphatic rings. The van der Waals surface area contributed by atoms with E-state index >= 15 is 0 Å². The number of nitrogens with one attached hydrogen (secondary N) is 1. The van der Waals surface area contributed by atoms with Crippen LogP contribution in [0, 0.1) is 12.8 Å². The average molecular weight is 591 g/mol. The molecular formula is C27H39ClN6O3SSi. The minimum absolute atomic E-state index is 0.0320. The molecule has 2 fully saturated rings. The summed E-state index contributed by atoms with van der Waals surface area (Å²) in [6.07, 6.45) is 7.29. The number of halogens is 1. The van der Waals surface area contributed by atoms with Crippen LogP contribution in [0.3, 0.4) is 0 Å². The molecule has 39 heavy (non-hydrogen) atoms. The summed E-state index contributed by atoms with van der Waals surface area (Å²) in [6.45, 7) is 11.0. The fraction of sp³-hybridized carbons (Fsp3) is 0.593. The van der Waals surface area contributed by atoms with Crippen LogP contribution in [-0.4, -0.2) is 71.8 Å². The van der Waals surface area contributed by atoms with Crippen molar-refractivity contribution in [3.05, 3.63) is 35.2 Å². The highest BCUT2D eigenvalue weighted by Crippen LogP contribution is 2.33. The second-order valence-electron chi connectivity index (χ2n) is 12.1. The van der Waals surface area contributed by atoms with Gasteiger partial charge in [0.2, 0.25) is 10.0 Å². The predicted octanol–water partition coefficient (Wildman–Crippen LogP) is 5.38. The van der Waals surface area contributed by atoms with Crippen LogP contribution in [0.25, 0.3) is 22.4 Å². The van der Waals surface area contributed by atoms with Gasteiger partial charge in [0.25, 0.3) is 0 Å². The highest BCUT2D eigenvalue weighted by Gasteiger charge is 2.34. The maximum absolute atomic E-state index is 12.9. The van der Waals surface area contributed by atoms with Gasteiger partial charge < -0.3 is 14.6 Å². The number of pyridine rings is 1. The Morgan fingerprint density at radius 1 is 1.18 bits per heavy atom. The van der Waals surface area contributed by atoms with E-state index in [0.717, 1.165) is 43.0 Å². The Hall–Kier alpha value is -2.05. The van der Waals surface area contributed by atoms with Crippen LogP contribution in [-0.2, 0) is 21.5 Å². The van der Waals surface area contributed by atoms with Crippen LogP contribution in [0.15, 0.2) is 24.5 Å². The number of aryl methyl sites for hydroxylation is 1. The molecule has 1 saturated carbocycles. The standard InChI is InChI=1S/C27H39ClN6O3SSi/c1-19-7-10-22(26(30-19)31-21-6-5-11-34(15-21)38(35,36)17-20-8-9-20)24-14-29-27-25(32-24)23(28)16-33(27)18-37-12-13-39(2,3)4/h7,10,14,16,20-21H,5-6,8-9,11-13,15,17-18H2,1-4H3,(H,30,31). The second-order valence-corrected chi connectivity index (χ2v) is 20.2. The van der Waals surface area contributed by atoms with Crippen molar-refractivity contribution in [1.29, 1.82) is 0 Å². The van der Waals surface area contributed by atoms with Crippen LogP contribution in [0.1, 0.15) is 31.4 Å². The number of aromatic nitrogens is 4. The second kappa shape index (κ2) is 11.4. The van der Waals surface area contributed by atoms with Crippen LogP contribution >= 0.6 is 11.6 Å². The number of hydrogen-bond acceptors (Lipinski definition) is 7. The maximum Gasteiger partial charge on any atom is 0.214 e. The minimum Gasteiger partial charge on any atom is -0.365 e. The largest absolute Gasteiger partial charge is 0.365 e. The number of anilines is 1. The molecule has 0 aromatic carbocycles. The Bertz CT molecular complexity index is 1440. The number of sulfonamides is 1. The normalized spacial score (nSPS) is 19.1. The zero-order valence-electron chi connectivity index (χ0n) is 23.3. The number of piperidine rings is 1. The summed E-state index contributed by atoms with van der Waals surface area (Å²) in [5.41, 5.74) is 3.62. The first kappa shape index (κ1) is 28.5. The van der Waals surface area contributed by atoms with Gasteiger partial charge in [-0.2, -0.15) is 4.31 Å². The molecule has 12 heteroatoms. The lowest BCUT2D eigenvalue weighted by Crippen LogP contribution is -2.46. The lowest BCUT2D eigenvalue weighted by atomic mass is 10.1. The third-order valence-corrected chi connectivity index (χ3v) is 11.3. The fourth-order valence-electron chi connectivity index (χ4n) is 4.85. The number of fused-ring (bicyclic) bond motifs is 1. The average Bonchev–Trinajstić information content (AvgIpc) is 3.62. The van der Waals surface area contributed by atoms with E-state index in [4.69, 9.17) is 31.3 Å². The van der Waals surface area contributed by atoms with E-state index in [-0.39, 0.29) is 11.8 Å². The third kappa shape index (κ3) is 7.18. The van der Waals surface area contributed by atoms with Gasteiger partial charge in [0, 0.05) is 51.3 Å². The van der Waals surface area contributed by atoms with E-state index < -0.39 is 18.1 Å². The number of rotatable bonds is 11. The molecule has 3 aromatic rings. The van der Waals surface area contributed by atoms with E-state index in [0.29, 0.717) is 60.0 Å². The molecule has 4 heterocycles. The molecule has 212 valence electrons. The van der Waals surface area contributed by atoms with E-state index in [1.54, 1.807) is 10.5 Å². The van der Waals surface area contributed by atoms with Gasteiger partial charge >= 0.3 is 0 Å². The summed E-state index contributed by atoms with van der Waals surface area (Å²) in [5.74, 6) is 1.29. The van der Waals surface area contributed by atoms with Gasteiger partial charge in [0.15, 0.2) is 5.65 Å². The smallest absolute Gasteiger partial charge is 0.214 e. The van der Waals surface area contributed by atoms with Crippen molar-refractivity contribution in [1.82, 2.24) is 23.8 Å². The topological polar surface area (TPSA) is 102 Å². The van der Waals surface area contributed by atoms with Gasteiger partial charge in [0.1, 0.15) is 18.1 Å². The third-order valence-electron chi connectivity index (χ3n) is 7.32. The van der Waals surface area contributed by atoms with Crippen molar-refractivity contribution in [3.8, 4) is 11.3 Å².